The molecule has 0 N–H and O–H groups in total. The van der Waals surface area contributed by atoms with Crippen molar-refractivity contribution < 1.29 is 9.72 Å². The van der Waals surface area contributed by atoms with E-state index in [1.807, 2.05) is 0 Å². The highest BCUT2D eigenvalue weighted by Crippen LogP contribution is 2.13. The Morgan fingerprint density at radius 1 is 1.19 bits per heavy atom. The number of ketones is 1. The number of halogens is 1. The van der Waals surface area contributed by atoms with Gasteiger partial charge in [-0.1, -0.05) is 0 Å². The van der Waals surface area contributed by atoms with Crippen LogP contribution in [0.25, 0.3) is 0 Å². The van der Waals surface area contributed by atoms with Crippen LogP contribution in [0.15, 0.2) is 24.3 Å². The molecule has 0 amide bonds. The summed E-state index contributed by atoms with van der Waals surface area (Å²) in [6, 6.07) is 5.82. The van der Waals surface area contributed by atoms with Crippen LogP contribution in [-0.4, -0.2) is 60.3 Å². The normalized spacial score (nSPS) is 16.2. The van der Waals surface area contributed by atoms with E-state index in [0.29, 0.717) is 12.0 Å². The number of likely N-dealkylation sites (N-methyl/N-ethyl adjacent to an activating group) is 1. The number of nitro benzene ring substituents is 1. The third-order valence-corrected chi connectivity index (χ3v) is 3.65. The summed E-state index contributed by atoms with van der Waals surface area (Å²) in [4.78, 5) is 26.7. The molecule has 1 aromatic rings. The van der Waals surface area contributed by atoms with Gasteiger partial charge in [0.15, 0.2) is 5.78 Å². The maximum Gasteiger partial charge on any atom is 0.269 e. The summed E-state index contributed by atoms with van der Waals surface area (Å²) in [6.07, 6.45) is 0.460. The van der Waals surface area contributed by atoms with Crippen molar-refractivity contribution >= 4 is 23.9 Å². The van der Waals surface area contributed by atoms with Crippen LogP contribution in [0, 0.1) is 10.1 Å². The standard InChI is InChI=1S/C14H19N3O3.ClH/c1-15-8-10-16(11-9-15)7-6-14(18)12-2-4-13(5-3-12)17(19)20;/h2-5H,6-11H2,1H3;1H. The van der Waals surface area contributed by atoms with Crippen LogP contribution in [0.5, 0.6) is 0 Å². The lowest BCUT2D eigenvalue weighted by Crippen LogP contribution is -2.45. The Kier molecular flexibility index (Phi) is 6.74. The van der Waals surface area contributed by atoms with Crippen molar-refractivity contribution in [2.24, 2.45) is 0 Å². The van der Waals surface area contributed by atoms with Crippen LogP contribution in [0.3, 0.4) is 0 Å². The molecule has 0 saturated carbocycles. The average molecular weight is 314 g/mol. The van der Waals surface area contributed by atoms with E-state index in [0.717, 1.165) is 32.7 Å². The summed E-state index contributed by atoms with van der Waals surface area (Å²) in [5.74, 6) is 0.0406. The molecule has 7 heteroatoms. The van der Waals surface area contributed by atoms with Crippen LogP contribution >= 0.6 is 12.4 Å². The number of nitro groups is 1. The molecule has 116 valence electrons. The van der Waals surface area contributed by atoms with Gasteiger partial charge < -0.3 is 9.80 Å². The smallest absolute Gasteiger partial charge is 0.269 e. The van der Waals surface area contributed by atoms with Crippen LogP contribution in [0.1, 0.15) is 16.8 Å². The van der Waals surface area contributed by atoms with Crippen molar-refractivity contribution in [3.63, 3.8) is 0 Å². The highest BCUT2D eigenvalue weighted by Gasteiger charge is 2.15. The number of piperazine rings is 1. The molecular formula is C14H20ClN3O3. The molecule has 0 aliphatic carbocycles. The summed E-state index contributed by atoms with van der Waals surface area (Å²) in [6.45, 7) is 4.80. The molecule has 1 aliphatic heterocycles. The van der Waals surface area contributed by atoms with E-state index in [9.17, 15) is 14.9 Å². The second kappa shape index (κ2) is 8.07. The summed E-state index contributed by atoms with van der Waals surface area (Å²) in [5, 5.41) is 10.6. The maximum absolute atomic E-state index is 12.0. The molecule has 1 aliphatic rings. The fourth-order valence-electron chi connectivity index (χ4n) is 2.24. The first-order valence-corrected chi connectivity index (χ1v) is 6.75. The molecule has 2 rings (SSSR count). The topological polar surface area (TPSA) is 66.7 Å². The zero-order valence-corrected chi connectivity index (χ0v) is 12.8. The van der Waals surface area contributed by atoms with Crippen LogP contribution < -0.4 is 0 Å². The van der Waals surface area contributed by atoms with Gasteiger partial charge in [-0.05, 0) is 19.2 Å². The lowest BCUT2D eigenvalue weighted by molar-refractivity contribution is -0.384. The van der Waals surface area contributed by atoms with Crippen molar-refractivity contribution in [1.82, 2.24) is 9.80 Å². The minimum atomic E-state index is -0.460. The minimum Gasteiger partial charge on any atom is -0.304 e. The third-order valence-electron chi connectivity index (χ3n) is 3.65. The maximum atomic E-state index is 12.0. The quantitative estimate of drug-likeness (QED) is 0.471. The Balaban J connectivity index is 0.00000220. The first-order valence-electron chi connectivity index (χ1n) is 6.75. The van der Waals surface area contributed by atoms with Crippen LogP contribution in [-0.2, 0) is 0 Å². The number of Topliss-reactive ketones (excluding diaryl/α,β-unsaturated/α-hetero) is 1. The second-order valence-corrected chi connectivity index (χ2v) is 5.12. The Hall–Kier alpha value is -1.50. The SMILES string of the molecule is CN1CCN(CCC(=O)c2ccc([N+](=O)[O-])cc2)CC1.Cl. The predicted molar refractivity (Wildman–Crippen MR) is 83.2 cm³/mol. The van der Waals surface area contributed by atoms with Crippen molar-refractivity contribution in [2.45, 2.75) is 6.42 Å². The van der Waals surface area contributed by atoms with Gasteiger partial charge in [0.1, 0.15) is 0 Å². The molecule has 1 fully saturated rings. The Labute approximate surface area is 130 Å². The summed E-state index contributed by atoms with van der Waals surface area (Å²) < 4.78 is 0. The van der Waals surface area contributed by atoms with Crippen molar-refractivity contribution in [1.29, 1.82) is 0 Å². The molecule has 21 heavy (non-hydrogen) atoms. The third kappa shape index (κ3) is 5.08. The number of hydrogen-bond donors (Lipinski definition) is 0. The molecule has 1 heterocycles. The molecule has 0 unspecified atom stereocenters. The largest absolute Gasteiger partial charge is 0.304 e. The monoisotopic (exact) mass is 313 g/mol. The van der Waals surface area contributed by atoms with E-state index in [2.05, 4.69) is 16.8 Å². The zero-order valence-electron chi connectivity index (χ0n) is 12.0. The number of nitrogens with zero attached hydrogens (tertiary/aromatic N) is 3. The number of hydrogen-bond acceptors (Lipinski definition) is 5. The summed E-state index contributed by atoms with van der Waals surface area (Å²) in [7, 11) is 2.10. The lowest BCUT2D eigenvalue weighted by atomic mass is 10.1. The van der Waals surface area contributed by atoms with Gasteiger partial charge in [0.2, 0.25) is 0 Å². The van der Waals surface area contributed by atoms with Crippen LogP contribution in [0.2, 0.25) is 0 Å². The number of carbonyl (C=O) groups is 1. The van der Waals surface area contributed by atoms with Gasteiger partial charge in [-0.25, -0.2) is 0 Å². The molecule has 0 atom stereocenters. The minimum absolute atomic E-state index is 0. The number of non-ortho nitro benzene ring substituents is 1. The Bertz CT molecular complexity index is 485. The Morgan fingerprint density at radius 3 is 2.29 bits per heavy atom. The highest BCUT2D eigenvalue weighted by atomic mass is 35.5. The van der Waals surface area contributed by atoms with Gasteiger partial charge >= 0.3 is 0 Å². The fraction of sp³-hybridized carbons (Fsp3) is 0.500. The van der Waals surface area contributed by atoms with Gasteiger partial charge in [0.05, 0.1) is 4.92 Å². The van der Waals surface area contributed by atoms with Gasteiger partial charge in [-0.2, -0.15) is 0 Å². The van der Waals surface area contributed by atoms with E-state index in [1.54, 1.807) is 0 Å². The molecular weight excluding hydrogens is 294 g/mol. The van der Waals surface area contributed by atoms with Crippen molar-refractivity contribution in [2.75, 3.05) is 39.8 Å². The second-order valence-electron chi connectivity index (χ2n) is 5.12. The predicted octanol–water partition coefficient (Wildman–Crippen LogP) is 1.84. The lowest BCUT2D eigenvalue weighted by Gasteiger charge is -2.32. The average Bonchev–Trinajstić information content (AvgIpc) is 2.46. The van der Waals surface area contributed by atoms with Gasteiger partial charge in [-0.3, -0.25) is 14.9 Å². The van der Waals surface area contributed by atoms with Crippen molar-refractivity contribution in [3.8, 4) is 0 Å². The van der Waals surface area contributed by atoms with E-state index >= 15 is 0 Å². The van der Waals surface area contributed by atoms with E-state index in [4.69, 9.17) is 0 Å². The molecule has 6 nitrogen and oxygen atoms in total. The van der Waals surface area contributed by atoms with Gasteiger partial charge in [0.25, 0.3) is 5.69 Å². The first kappa shape index (κ1) is 17.6. The number of benzene rings is 1. The molecule has 0 aromatic heterocycles. The number of carbonyl (C=O) groups excluding carboxylic acids is 1. The zero-order chi connectivity index (χ0) is 14.5. The molecule has 0 spiro atoms. The van der Waals surface area contributed by atoms with E-state index in [1.165, 1.54) is 24.3 Å². The fourth-order valence-corrected chi connectivity index (χ4v) is 2.24. The molecule has 0 radical (unpaired) electrons. The van der Waals surface area contributed by atoms with Gasteiger partial charge in [0, 0.05) is 56.8 Å². The summed E-state index contributed by atoms with van der Waals surface area (Å²) in [5.41, 5.74) is 0.561. The summed E-state index contributed by atoms with van der Waals surface area (Å²) >= 11 is 0. The molecule has 1 saturated heterocycles. The van der Waals surface area contributed by atoms with Gasteiger partial charge in [-0.15, -0.1) is 12.4 Å². The number of rotatable bonds is 5. The molecule has 1 aromatic carbocycles. The van der Waals surface area contributed by atoms with Crippen molar-refractivity contribution in [3.05, 3.63) is 39.9 Å². The first-order chi connectivity index (χ1) is 9.56. The van der Waals surface area contributed by atoms with Crippen LogP contribution in [0.4, 0.5) is 5.69 Å². The Morgan fingerprint density at radius 2 is 1.76 bits per heavy atom. The van der Waals surface area contributed by atoms with E-state index in [-0.39, 0.29) is 23.9 Å². The molecule has 0 bridgehead atoms. The van der Waals surface area contributed by atoms with E-state index < -0.39 is 4.92 Å². The highest BCUT2D eigenvalue weighted by molar-refractivity contribution is 5.96.